The van der Waals surface area contributed by atoms with Gasteiger partial charge in [-0.15, -0.1) is 0 Å². The van der Waals surface area contributed by atoms with E-state index in [0.29, 0.717) is 0 Å². The maximum atomic E-state index is 10.7. The molecule has 0 aliphatic carbocycles. The Morgan fingerprint density at radius 1 is 1.06 bits per heavy atom. The fourth-order valence-electron chi connectivity index (χ4n) is 1.69. The molecule has 0 amide bonds. The van der Waals surface area contributed by atoms with Crippen molar-refractivity contribution in [2.75, 3.05) is 0 Å². The van der Waals surface area contributed by atoms with Crippen molar-refractivity contribution in [3.63, 3.8) is 0 Å². The molecule has 0 aliphatic rings. The van der Waals surface area contributed by atoms with Gasteiger partial charge >= 0.3 is 0 Å². The summed E-state index contributed by atoms with van der Waals surface area (Å²) >= 11 is 1.59. The summed E-state index contributed by atoms with van der Waals surface area (Å²) in [5.74, 6) is -1.05. The van der Waals surface area contributed by atoms with Crippen molar-refractivity contribution in [3.8, 4) is 0 Å². The highest BCUT2D eigenvalue weighted by Gasteiger charge is 2.05. The first-order chi connectivity index (χ1) is 8.66. The standard InChI is InChI=1S/C15H14O2S/c1-11-6-2-4-8-13(11)18-14-9-5-3-7-12(14)10-15(16)17/h2-9H,10H2,1H3,(H,16,17)/p-1. The Bertz CT molecular complexity index is 564. The van der Waals surface area contributed by atoms with E-state index >= 15 is 0 Å². The average Bonchev–Trinajstić information content (AvgIpc) is 2.34. The lowest BCUT2D eigenvalue weighted by Gasteiger charge is -2.11. The van der Waals surface area contributed by atoms with Gasteiger partial charge < -0.3 is 9.90 Å². The Hall–Kier alpha value is -1.74. The van der Waals surface area contributed by atoms with Crippen molar-refractivity contribution in [1.82, 2.24) is 0 Å². The number of carbonyl (C=O) groups is 1. The van der Waals surface area contributed by atoms with Crippen LogP contribution in [0.4, 0.5) is 0 Å². The number of hydrogen-bond donors (Lipinski definition) is 0. The molecule has 0 heterocycles. The number of carbonyl (C=O) groups excluding carboxylic acids is 1. The minimum atomic E-state index is -1.05. The zero-order valence-electron chi connectivity index (χ0n) is 10.1. The van der Waals surface area contributed by atoms with E-state index in [1.807, 2.05) is 55.5 Å². The molecule has 2 nitrogen and oxygen atoms in total. The van der Waals surface area contributed by atoms with Crippen LogP contribution in [0.15, 0.2) is 58.3 Å². The second-order valence-electron chi connectivity index (χ2n) is 4.02. The zero-order valence-corrected chi connectivity index (χ0v) is 10.9. The first-order valence-electron chi connectivity index (χ1n) is 5.68. The normalized spacial score (nSPS) is 10.3. The quantitative estimate of drug-likeness (QED) is 0.844. The zero-order chi connectivity index (χ0) is 13.0. The van der Waals surface area contributed by atoms with Crippen LogP contribution in [-0.2, 0) is 11.2 Å². The molecular weight excluding hydrogens is 244 g/mol. The fraction of sp³-hybridized carbons (Fsp3) is 0.133. The number of aliphatic carboxylic acids is 1. The van der Waals surface area contributed by atoms with Crippen LogP contribution in [0.5, 0.6) is 0 Å². The van der Waals surface area contributed by atoms with Crippen molar-refractivity contribution >= 4 is 17.7 Å². The van der Waals surface area contributed by atoms with Gasteiger partial charge in [0.1, 0.15) is 0 Å². The van der Waals surface area contributed by atoms with Crippen LogP contribution in [0.25, 0.3) is 0 Å². The largest absolute Gasteiger partial charge is 0.550 e. The second-order valence-corrected chi connectivity index (χ2v) is 5.11. The van der Waals surface area contributed by atoms with Gasteiger partial charge in [0, 0.05) is 22.2 Å². The molecule has 0 atom stereocenters. The first kappa shape index (κ1) is 12.7. The van der Waals surface area contributed by atoms with Crippen LogP contribution in [0.3, 0.4) is 0 Å². The van der Waals surface area contributed by atoms with Crippen molar-refractivity contribution < 1.29 is 9.90 Å². The molecule has 0 radical (unpaired) electrons. The summed E-state index contributed by atoms with van der Waals surface area (Å²) in [7, 11) is 0. The average molecular weight is 257 g/mol. The second kappa shape index (κ2) is 5.74. The van der Waals surface area contributed by atoms with Crippen molar-refractivity contribution in [3.05, 3.63) is 59.7 Å². The summed E-state index contributed by atoms with van der Waals surface area (Å²) in [5, 5.41) is 10.7. The maximum Gasteiger partial charge on any atom is 0.0458 e. The Morgan fingerprint density at radius 3 is 2.33 bits per heavy atom. The molecule has 92 valence electrons. The molecule has 0 N–H and O–H groups in total. The maximum absolute atomic E-state index is 10.7. The number of benzene rings is 2. The van der Waals surface area contributed by atoms with Gasteiger partial charge in [0.2, 0.25) is 0 Å². The molecule has 2 aromatic carbocycles. The van der Waals surface area contributed by atoms with E-state index in [0.717, 1.165) is 15.4 Å². The van der Waals surface area contributed by atoms with E-state index in [4.69, 9.17) is 0 Å². The van der Waals surface area contributed by atoms with Gasteiger partial charge in [0.15, 0.2) is 0 Å². The Kier molecular flexibility index (Phi) is 4.05. The number of rotatable bonds is 4. The summed E-state index contributed by atoms with van der Waals surface area (Å²) in [6.07, 6.45) is -0.0466. The van der Waals surface area contributed by atoms with E-state index < -0.39 is 5.97 Å². The molecule has 0 spiro atoms. The van der Waals surface area contributed by atoms with Crippen LogP contribution in [0.2, 0.25) is 0 Å². The third-order valence-electron chi connectivity index (χ3n) is 2.62. The minimum Gasteiger partial charge on any atom is -0.550 e. The Balaban J connectivity index is 2.29. The van der Waals surface area contributed by atoms with Gasteiger partial charge in [-0.25, -0.2) is 0 Å². The molecule has 3 heteroatoms. The third kappa shape index (κ3) is 3.14. The highest BCUT2D eigenvalue weighted by Crippen LogP contribution is 2.32. The molecule has 2 aromatic rings. The minimum absolute atomic E-state index is 0.0466. The van der Waals surface area contributed by atoms with Gasteiger partial charge in [-0.1, -0.05) is 48.2 Å². The van der Waals surface area contributed by atoms with Crippen molar-refractivity contribution in [2.24, 2.45) is 0 Å². The van der Waals surface area contributed by atoms with E-state index in [1.165, 1.54) is 5.56 Å². The summed E-state index contributed by atoms with van der Waals surface area (Å²) in [4.78, 5) is 12.8. The molecule has 0 saturated carbocycles. The molecule has 18 heavy (non-hydrogen) atoms. The predicted octanol–water partition coefficient (Wildman–Crippen LogP) is 2.44. The molecule has 0 unspecified atom stereocenters. The highest BCUT2D eigenvalue weighted by atomic mass is 32.2. The molecule has 0 bridgehead atoms. The van der Waals surface area contributed by atoms with Crippen LogP contribution in [0.1, 0.15) is 11.1 Å². The smallest absolute Gasteiger partial charge is 0.0458 e. The van der Waals surface area contributed by atoms with Crippen molar-refractivity contribution in [2.45, 2.75) is 23.1 Å². The first-order valence-corrected chi connectivity index (χ1v) is 6.49. The van der Waals surface area contributed by atoms with Crippen molar-refractivity contribution in [1.29, 1.82) is 0 Å². The van der Waals surface area contributed by atoms with Crippen LogP contribution >= 0.6 is 11.8 Å². The summed E-state index contributed by atoms with van der Waals surface area (Å²) in [6, 6.07) is 15.6. The predicted molar refractivity (Wildman–Crippen MR) is 70.5 cm³/mol. The van der Waals surface area contributed by atoms with Gasteiger partial charge in [-0.3, -0.25) is 0 Å². The highest BCUT2D eigenvalue weighted by molar-refractivity contribution is 7.99. The van der Waals surface area contributed by atoms with Gasteiger partial charge in [-0.05, 0) is 30.2 Å². The van der Waals surface area contributed by atoms with E-state index in [-0.39, 0.29) is 6.42 Å². The Labute approximate surface area is 111 Å². The summed E-state index contributed by atoms with van der Waals surface area (Å²) < 4.78 is 0. The van der Waals surface area contributed by atoms with Crippen LogP contribution in [-0.4, -0.2) is 5.97 Å². The SMILES string of the molecule is Cc1ccccc1Sc1ccccc1CC(=O)[O-]. The number of carboxylic acids is 1. The lowest BCUT2D eigenvalue weighted by molar-refractivity contribution is -0.304. The number of hydrogen-bond acceptors (Lipinski definition) is 3. The van der Waals surface area contributed by atoms with Crippen LogP contribution in [0, 0.1) is 6.92 Å². The van der Waals surface area contributed by atoms with E-state index in [1.54, 1.807) is 11.8 Å². The lowest BCUT2D eigenvalue weighted by atomic mass is 10.1. The van der Waals surface area contributed by atoms with Gasteiger partial charge in [-0.2, -0.15) is 0 Å². The summed E-state index contributed by atoms with van der Waals surface area (Å²) in [6.45, 7) is 2.05. The van der Waals surface area contributed by atoms with E-state index in [2.05, 4.69) is 0 Å². The molecule has 2 rings (SSSR count). The molecular formula is C15H13O2S-. The third-order valence-corrected chi connectivity index (χ3v) is 3.92. The van der Waals surface area contributed by atoms with Gasteiger partial charge in [0.05, 0.1) is 0 Å². The molecule has 0 aliphatic heterocycles. The lowest BCUT2D eigenvalue weighted by Crippen LogP contribution is -2.24. The monoisotopic (exact) mass is 257 g/mol. The van der Waals surface area contributed by atoms with Gasteiger partial charge in [0.25, 0.3) is 0 Å². The molecule has 0 fully saturated rings. The Morgan fingerprint density at radius 2 is 1.67 bits per heavy atom. The molecule has 0 saturated heterocycles. The number of aryl methyl sites for hydroxylation is 1. The summed E-state index contributed by atoms with van der Waals surface area (Å²) in [5.41, 5.74) is 1.98. The van der Waals surface area contributed by atoms with E-state index in [9.17, 15) is 9.90 Å². The molecule has 0 aromatic heterocycles. The van der Waals surface area contributed by atoms with Crippen LogP contribution < -0.4 is 5.11 Å². The topological polar surface area (TPSA) is 40.1 Å². The number of carboxylic acid groups (broad SMARTS) is 1. The fourth-order valence-corrected chi connectivity index (χ4v) is 2.72.